The van der Waals surface area contributed by atoms with Gasteiger partial charge in [0.15, 0.2) is 0 Å². The number of nitrogens with one attached hydrogen (secondary N) is 1. The van der Waals surface area contributed by atoms with E-state index >= 15 is 0 Å². The number of anilines is 1. The number of aromatic nitrogens is 5. The Kier molecular flexibility index (Phi) is 7.29. The number of hydrogen-bond acceptors (Lipinski definition) is 8. The molecule has 2 heterocycles. The summed E-state index contributed by atoms with van der Waals surface area (Å²) < 4.78 is 52.3. The second-order valence-electron chi connectivity index (χ2n) is 8.84. The molecule has 3 aromatic carbocycles. The van der Waals surface area contributed by atoms with E-state index in [0.29, 0.717) is 38.5 Å². The predicted octanol–water partition coefficient (Wildman–Crippen LogP) is 5.20. The lowest BCUT2D eigenvalue weighted by atomic mass is 9.99. The molecule has 0 aliphatic carbocycles. The molecule has 210 valence electrons. The third kappa shape index (κ3) is 6.11. The van der Waals surface area contributed by atoms with Gasteiger partial charge in [0.1, 0.15) is 22.8 Å². The summed E-state index contributed by atoms with van der Waals surface area (Å²) in [6.07, 6.45) is -2.72. The van der Waals surface area contributed by atoms with Gasteiger partial charge in [0.2, 0.25) is 5.95 Å². The van der Waals surface area contributed by atoms with Crippen molar-refractivity contribution in [1.82, 2.24) is 24.7 Å². The molecule has 5 aromatic rings. The minimum atomic E-state index is -4.56. The number of carbonyl (C=O) groups is 2. The van der Waals surface area contributed by atoms with Crippen molar-refractivity contribution in [2.24, 2.45) is 0 Å². The number of methoxy groups -OCH3 is 1. The Bertz CT molecular complexity index is 1720. The SMILES string of the molecule is COC(=O)Nc1nc2cc(Oc3ccc(CC(=O)Cc4cc(C(F)(F)F)ccc4-n4ccnn4)cc3)ccc2n1O. The lowest BCUT2D eigenvalue weighted by Gasteiger charge is -2.13. The Balaban J connectivity index is 1.27. The van der Waals surface area contributed by atoms with Crippen molar-refractivity contribution in [1.29, 1.82) is 0 Å². The van der Waals surface area contributed by atoms with E-state index in [9.17, 15) is 28.0 Å². The molecule has 0 saturated heterocycles. The number of rotatable bonds is 8. The molecule has 0 bridgehead atoms. The lowest BCUT2D eigenvalue weighted by molar-refractivity contribution is -0.137. The van der Waals surface area contributed by atoms with Gasteiger partial charge in [0.05, 0.1) is 36.3 Å². The number of ketones is 1. The predicted molar refractivity (Wildman–Crippen MR) is 138 cm³/mol. The van der Waals surface area contributed by atoms with E-state index < -0.39 is 17.8 Å². The number of fused-ring (bicyclic) bond motifs is 1. The molecule has 0 aliphatic heterocycles. The van der Waals surface area contributed by atoms with E-state index in [1.54, 1.807) is 42.5 Å². The van der Waals surface area contributed by atoms with Crippen molar-refractivity contribution in [3.05, 3.63) is 89.7 Å². The zero-order chi connectivity index (χ0) is 29.1. The first-order valence-electron chi connectivity index (χ1n) is 12.0. The Morgan fingerprint density at radius 3 is 2.44 bits per heavy atom. The van der Waals surface area contributed by atoms with Gasteiger partial charge in [-0.1, -0.05) is 17.3 Å². The van der Waals surface area contributed by atoms with Gasteiger partial charge in [-0.05, 0) is 53.6 Å². The Morgan fingerprint density at radius 2 is 1.76 bits per heavy atom. The smallest absolute Gasteiger partial charge is 0.416 e. The summed E-state index contributed by atoms with van der Waals surface area (Å²) in [5.41, 5.74) is 0.976. The maximum atomic E-state index is 13.3. The van der Waals surface area contributed by atoms with E-state index in [-0.39, 0.29) is 30.1 Å². The van der Waals surface area contributed by atoms with Crippen LogP contribution >= 0.6 is 0 Å². The number of imidazole rings is 1. The van der Waals surface area contributed by atoms with Crippen molar-refractivity contribution in [3.8, 4) is 17.2 Å². The van der Waals surface area contributed by atoms with Gasteiger partial charge in [-0.3, -0.25) is 10.1 Å². The highest BCUT2D eigenvalue weighted by atomic mass is 19.4. The number of nitrogens with zero attached hydrogens (tertiary/aromatic N) is 5. The lowest BCUT2D eigenvalue weighted by Crippen LogP contribution is -2.14. The van der Waals surface area contributed by atoms with Gasteiger partial charge in [-0.2, -0.15) is 13.2 Å². The fourth-order valence-electron chi connectivity index (χ4n) is 4.11. The Morgan fingerprint density at radius 1 is 1.00 bits per heavy atom. The standard InChI is InChI=1S/C27H21F3N6O5/c1-40-26(38)33-25-32-22-15-21(7-9-24(22)36(25)39)41-20-5-2-16(3-6-20)12-19(37)14-17-13-18(27(28,29)30)4-8-23(17)35-11-10-31-34-35/h2-11,13,15,39H,12,14H2,1H3,(H,32,33,38). The second kappa shape index (κ2) is 11.0. The third-order valence-corrected chi connectivity index (χ3v) is 6.03. The average Bonchev–Trinajstić information content (AvgIpc) is 3.57. The van der Waals surface area contributed by atoms with Crippen LogP contribution in [0.1, 0.15) is 16.7 Å². The fraction of sp³-hybridized carbons (Fsp3) is 0.148. The van der Waals surface area contributed by atoms with E-state index in [2.05, 4.69) is 25.3 Å². The number of carbonyl (C=O) groups excluding carboxylic acids is 2. The molecule has 14 heteroatoms. The van der Waals surface area contributed by atoms with E-state index in [1.807, 2.05) is 0 Å². The summed E-state index contributed by atoms with van der Waals surface area (Å²) in [5.74, 6) is 0.426. The van der Waals surface area contributed by atoms with Gasteiger partial charge in [0, 0.05) is 18.9 Å². The normalized spacial score (nSPS) is 11.4. The van der Waals surface area contributed by atoms with Crippen molar-refractivity contribution in [3.63, 3.8) is 0 Å². The van der Waals surface area contributed by atoms with Gasteiger partial charge in [-0.25, -0.2) is 14.5 Å². The molecular weight excluding hydrogens is 545 g/mol. The highest BCUT2D eigenvalue weighted by Crippen LogP contribution is 2.32. The largest absolute Gasteiger partial charge is 0.457 e. The highest BCUT2D eigenvalue weighted by Gasteiger charge is 2.31. The Hall–Kier alpha value is -5.40. The second-order valence-corrected chi connectivity index (χ2v) is 8.84. The number of halogens is 3. The molecule has 0 fully saturated rings. The van der Waals surface area contributed by atoms with E-state index in [1.165, 1.54) is 30.3 Å². The summed E-state index contributed by atoms with van der Waals surface area (Å²) in [7, 11) is 1.18. The number of alkyl halides is 3. The molecule has 0 atom stereocenters. The van der Waals surface area contributed by atoms with Crippen molar-refractivity contribution < 1.29 is 37.4 Å². The van der Waals surface area contributed by atoms with Crippen LogP contribution in [0.25, 0.3) is 16.7 Å². The summed E-state index contributed by atoms with van der Waals surface area (Å²) in [6, 6.07) is 14.5. The molecule has 2 aromatic heterocycles. The number of amides is 1. The summed E-state index contributed by atoms with van der Waals surface area (Å²) in [5, 5.41) is 20.0. The van der Waals surface area contributed by atoms with Gasteiger partial charge in [-0.15, -0.1) is 9.83 Å². The van der Waals surface area contributed by atoms with Crippen LogP contribution in [-0.2, 0) is 28.5 Å². The molecule has 0 radical (unpaired) electrons. The highest BCUT2D eigenvalue weighted by molar-refractivity contribution is 5.87. The minimum absolute atomic E-state index is 0.0107. The summed E-state index contributed by atoms with van der Waals surface area (Å²) in [6.45, 7) is 0. The van der Waals surface area contributed by atoms with Gasteiger partial charge >= 0.3 is 12.3 Å². The molecule has 0 unspecified atom stereocenters. The zero-order valence-corrected chi connectivity index (χ0v) is 21.3. The average molecular weight is 566 g/mol. The number of hydrogen-bond donors (Lipinski definition) is 2. The fourth-order valence-corrected chi connectivity index (χ4v) is 4.11. The maximum absolute atomic E-state index is 13.3. The van der Waals surface area contributed by atoms with Crippen LogP contribution in [0.15, 0.2) is 73.1 Å². The molecule has 41 heavy (non-hydrogen) atoms. The van der Waals surface area contributed by atoms with Gasteiger partial charge < -0.3 is 14.7 Å². The number of ether oxygens (including phenoxy) is 2. The summed E-state index contributed by atoms with van der Waals surface area (Å²) >= 11 is 0. The first-order chi connectivity index (χ1) is 19.6. The van der Waals surface area contributed by atoms with Crippen molar-refractivity contribution >= 4 is 28.9 Å². The first-order valence-corrected chi connectivity index (χ1v) is 12.0. The minimum Gasteiger partial charge on any atom is -0.457 e. The van der Waals surface area contributed by atoms with E-state index in [0.717, 1.165) is 12.1 Å². The first kappa shape index (κ1) is 27.2. The monoisotopic (exact) mass is 566 g/mol. The van der Waals surface area contributed by atoms with Crippen LogP contribution in [0.3, 0.4) is 0 Å². The van der Waals surface area contributed by atoms with Crippen LogP contribution in [0.5, 0.6) is 11.5 Å². The molecule has 1 amide bonds. The van der Waals surface area contributed by atoms with Crippen LogP contribution in [0.2, 0.25) is 0 Å². The van der Waals surface area contributed by atoms with Crippen molar-refractivity contribution in [2.45, 2.75) is 19.0 Å². The Labute approximate surface area is 229 Å². The molecule has 0 spiro atoms. The quantitative estimate of drug-likeness (QED) is 0.245. The molecular formula is C27H21F3N6O5. The summed E-state index contributed by atoms with van der Waals surface area (Å²) in [4.78, 5) is 28.4. The molecule has 0 saturated carbocycles. The third-order valence-electron chi connectivity index (χ3n) is 6.03. The van der Waals surface area contributed by atoms with Crippen molar-refractivity contribution in [2.75, 3.05) is 12.4 Å². The number of Topliss-reactive ketones (excluding diaryl/α,β-unsaturated/α-hetero) is 1. The number of benzene rings is 3. The molecule has 5 rings (SSSR count). The molecule has 2 N–H and O–H groups in total. The van der Waals surface area contributed by atoms with Crippen LogP contribution < -0.4 is 10.1 Å². The molecule has 0 aliphatic rings. The van der Waals surface area contributed by atoms with Crippen LogP contribution in [-0.4, -0.2) is 48.9 Å². The van der Waals surface area contributed by atoms with Crippen LogP contribution in [0.4, 0.5) is 23.9 Å². The topological polar surface area (TPSA) is 133 Å². The van der Waals surface area contributed by atoms with Crippen LogP contribution in [0, 0.1) is 0 Å². The molecule has 11 nitrogen and oxygen atoms in total. The van der Waals surface area contributed by atoms with Gasteiger partial charge in [0.25, 0.3) is 0 Å². The van der Waals surface area contributed by atoms with E-state index in [4.69, 9.17) is 4.74 Å². The zero-order valence-electron chi connectivity index (χ0n) is 21.3. The maximum Gasteiger partial charge on any atom is 0.416 e.